The first-order chi connectivity index (χ1) is 12.1. The number of halogens is 1. The normalized spacial score (nSPS) is 11.4. The molecule has 8 heteroatoms. The molecule has 0 radical (unpaired) electrons. The zero-order valence-corrected chi connectivity index (χ0v) is 13.8. The lowest BCUT2D eigenvalue weighted by Crippen LogP contribution is -1.89. The van der Waals surface area contributed by atoms with Crippen molar-refractivity contribution in [1.82, 2.24) is 10.1 Å². The SMILES string of the molecule is COc1ccccc1-c1noc(/C(Cl)=C/c2cccc([N+](=O)[O-])c2)n1. The van der Waals surface area contributed by atoms with E-state index in [1.807, 2.05) is 12.1 Å². The summed E-state index contributed by atoms with van der Waals surface area (Å²) in [6.07, 6.45) is 1.52. The predicted molar refractivity (Wildman–Crippen MR) is 93.1 cm³/mol. The highest BCUT2D eigenvalue weighted by Crippen LogP contribution is 2.29. The molecule has 0 aliphatic heterocycles. The van der Waals surface area contributed by atoms with Crippen LogP contribution in [0.2, 0.25) is 0 Å². The quantitative estimate of drug-likeness (QED) is 0.496. The smallest absolute Gasteiger partial charge is 0.270 e. The number of hydrogen-bond donors (Lipinski definition) is 0. The monoisotopic (exact) mass is 357 g/mol. The Morgan fingerprint density at radius 3 is 2.84 bits per heavy atom. The Bertz CT molecular complexity index is 952. The number of nitrogens with zero attached hydrogens (tertiary/aromatic N) is 3. The Kier molecular flexibility index (Phi) is 4.76. The van der Waals surface area contributed by atoms with E-state index in [-0.39, 0.29) is 16.6 Å². The molecule has 0 aliphatic rings. The Balaban J connectivity index is 1.91. The van der Waals surface area contributed by atoms with E-state index in [1.165, 1.54) is 18.2 Å². The standard InChI is InChI=1S/C17H12ClN3O4/c1-24-15-8-3-2-7-13(15)16-19-17(25-20-16)14(18)10-11-5-4-6-12(9-11)21(22)23/h2-10H,1H3/b14-10-. The number of rotatable bonds is 5. The number of aromatic nitrogens is 2. The van der Waals surface area contributed by atoms with Gasteiger partial charge in [-0.15, -0.1) is 0 Å². The fourth-order valence-corrected chi connectivity index (χ4v) is 2.40. The average molecular weight is 358 g/mol. The summed E-state index contributed by atoms with van der Waals surface area (Å²) in [6, 6.07) is 13.3. The largest absolute Gasteiger partial charge is 0.496 e. The van der Waals surface area contributed by atoms with Gasteiger partial charge in [0.1, 0.15) is 10.8 Å². The van der Waals surface area contributed by atoms with E-state index in [2.05, 4.69) is 10.1 Å². The third kappa shape index (κ3) is 3.67. The Morgan fingerprint density at radius 1 is 1.28 bits per heavy atom. The molecule has 0 aliphatic carbocycles. The molecular formula is C17H12ClN3O4. The lowest BCUT2D eigenvalue weighted by molar-refractivity contribution is -0.384. The number of non-ortho nitro benzene ring substituents is 1. The van der Waals surface area contributed by atoms with Crippen LogP contribution >= 0.6 is 11.6 Å². The van der Waals surface area contributed by atoms with Crippen LogP contribution < -0.4 is 4.74 Å². The van der Waals surface area contributed by atoms with Crippen LogP contribution in [0.1, 0.15) is 11.5 Å². The maximum absolute atomic E-state index is 10.8. The molecule has 7 nitrogen and oxygen atoms in total. The first kappa shape index (κ1) is 16.7. The van der Waals surface area contributed by atoms with Crippen LogP contribution in [0.5, 0.6) is 5.75 Å². The molecule has 1 aromatic heterocycles. The van der Waals surface area contributed by atoms with Gasteiger partial charge in [0.2, 0.25) is 5.82 Å². The lowest BCUT2D eigenvalue weighted by atomic mass is 10.2. The van der Waals surface area contributed by atoms with Crippen LogP contribution in [0.4, 0.5) is 5.69 Å². The van der Waals surface area contributed by atoms with Gasteiger partial charge in [0.05, 0.1) is 17.6 Å². The molecule has 25 heavy (non-hydrogen) atoms. The first-order valence-corrected chi connectivity index (χ1v) is 7.55. The first-order valence-electron chi connectivity index (χ1n) is 7.17. The van der Waals surface area contributed by atoms with Crippen molar-refractivity contribution in [1.29, 1.82) is 0 Å². The second-order valence-electron chi connectivity index (χ2n) is 4.97. The third-order valence-corrected chi connectivity index (χ3v) is 3.62. The van der Waals surface area contributed by atoms with Crippen molar-refractivity contribution in [2.45, 2.75) is 0 Å². The van der Waals surface area contributed by atoms with Gasteiger partial charge in [-0.05, 0) is 23.8 Å². The van der Waals surface area contributed by atoms with E-state index in [9.17, 15) is 10.1 Å². The van der Waals surface area contributed by atoms with Crippen molar-refractivity contribution in [2.24, 2.45) is 0 Å². The van der Waals surface area contributed by atoms with Crippen LogP contribution in [-0.2, 0) is 0 Å². The van der Waals surface area contributed by atoms with Crippen LogP contribution in [0, 0.1) is 10.1 Å². The second kappa shape index (κ2) is 7.14. The topological polar surface area (TPSA) is 91.3 Å². The number of para-hydroxylation sites is 1. The zero-order valence-electron chi connectivity index (χ0n) is 13.0. The highest BCUT2D eigenvalue weighted by molar-refractivity contribution is 6.50. The van der Waals surface area contributed by atoms with Gasteiger partial charge in [0.25, 0.3) is 11.6 Å². The summed E-state index contributed by atoms with van der Waals surface area (Å²) >= 11 is 6.21. The van der Waals surface area contributed by atoms with Gasteiger partial charge in [0.15, 0.2) is 0 Å². The Hall–Kier alpha value is -3.19. The van der Waals surface area contributed by atoms with Crippen LogP contribution in [0.3, 0.4) is 0 Å². The van der Waals surface area contributed by atoms with Gasteiger partial charge in [-0.3, -0.25) is 10.1 Å². The summed E-state index contributed by atoms with van der Waals surface area (Å²) in [6.45, 7) is 0. The van der Waals surface area contributed by atoms with Gasteiger partial charge in [-0.1, -0.05) is 41.0 Å². The Labute approximate surface area is 147 Å². The predicted octanol–water partition coefficient (Wildman–Crippen LogP) is 4.39. The molecule has 0 amide bonds. The number of hydrogen-bond acceptors (Lipinski definition) is 6. The molecule has 0 atom stereocenters. The summed E-state index contributed by atoms with van der Waals surface area (Å²) in [7, 11) is 1.55. The number of benzene rings is 2. The summed E-state index contributed by atoms with van der Waals surface area (Å²) in [5.74, 6) is 1.04. The van der Waals surface area contributed by atoms with E-state index in [0.717, 1.165) is 0 Å². The van der Waals surface area contributed by atoms with Gasteiger partial charge in [-0.25, -0.2) is 0 Å². The van der Waals surface area contributed by atoms with E-state index in [1.54, 1.807) is 31.4 Å². The van der Waals surface area contributed by atoms with Crippen molar-refractivity contribution in [3.05, 3.63) is 70.1 Å². The maximum atomic E-state index is 10.8. The molecular weight excluding hydrogens is 346 g/mol. The van der Waals surface area contributed by atoms with E-state index >= 15 is 0 Å². The van der Waals surface area contributed by atoms with Crippen molar-refractivity contribution in [3.8, 4) is 17.1 Å². The number of nitro groups is 1. The second-order valence-corrected chi connectivity index (χ2v) is 5.37. The summed E-state index contributed by atoms with van der Waals surface area (Å²) in [5.41, 5.74) is 1.19. The molecule has 0 fully saturated rings. The molecule has 126 valence electrons. The molecule has 0 saturated heterocycles. The Morgan fingerprint density at radius 2 is 2.08 bits per heavy atom. The van der Waals surface area contributed by atoms with Crippen molar-refractivity contribution in [2.75, 3.05) is 7.11 Å². The van der Waals surface area contributed by atoms with Gasteiger partial charge in [-0.2, -0.15) is 4.98 Å². The molecule has 3 aromatic rings. The minimum absolute atomic E-state index is 0.0292. The highest BCUT2D eigenvalue weighted by atomic mass is 35.5. The third-order valence-electron chi connectivity index (χ3n) is 3.35. The van der Waals surface area contributed by atoms with E-state index in [4.69, 9.17) is 20.9 Å². The summed E-state index contributed by atoms with van der Waals surface area (Å²) in [5, 5.41) is 14.9. The molecule has 1 heterocycles. The molecule has 0 bridgehead atoms. The van der Waals surface area contributed by atoms with Crippen molar-refractivity contribution >= 4 is 28.4 Å². The highest BCUT2D eigenvalue weighted by Gasteiger charge is 2.15. The average Bonchev–Trinajstić information content (AvgIpc) is 3.12. The van der Waals surface area contributed by atoms with Gasteiger partial charge in [0, 0.05) is 12.1 Å². The van der Waals surface area contributed by atoms with Crippen molar-refractivity contribution < 1.29 is 14.2 Å². The minimum atomic E-state index is -0.474. The number of ether oxygens (including phenoxy) is 1. The van der Waals surface area contributed by atoms with Crippen LogP contribution in [0.15, 0.2) is 53.1 Å². The molecule has 2 aromatic carbocycles. The molecule has 0 unspecified atom stereocenters. The molecule has 3 rings (SSSR count). The number of methoxy groups -OCH3 is 1. The van der Waals surface area contributed by atoms with E-state index < -0.39 is 4.92 Å². The van der Waals surface area contributed by atoms with Crippen LogP contribution in [-0.4, -0.2) is 22.2 Å². The molecule has 0 N–H and O–H groups in total. The lowest BCUT2D eigenvalue weighted by Gasteiger charge is -2.02. The minimum Gasteiger partial charge on any atom is -0.496 e. The summed E-state index contributed by atoms with van der Waals surface area (Å²) in [4.78, 5) is 14.6. The zero-order chi connectivity index (χ0) is 17.8. The van der Waals surface area contributed by atoms with Crippen molar-refractivity contribution in [3.63, 3.8) is 0 Å². The van der Waals surface area contributed by atoms with Crippen LogP contribution in [0.25, 0.3) is 22.5 Å². The fraction of sp³-hybridized carbons (Fsp3) is 0.0588. The molecule has 0 spiro atoms. The molecule has 0 saturated carbocycles. The van der Waals surface area contributed by atoms with Gasteiger partial charge < -0.3 is 9.26 Å². The summed E-state index contributed by atoms with van der Waals surface area (Å²) < 4.78 is 10.4. The maximum Gasteiger partial charge on any atom is 0.270 e. The van der Waals surface area contributed by atoms with Gasteiger partial charge >= 0.3 is 0 Å². The fourth-order valence-electron chi connectivity index (χ4n) is 2.20. The van der Waals surface area contributed by atoms with E-state index in [0.29, 0.717) is 22.7 Å². The number of nitro benzene ring substituents is 1.